The average molecular weight is 415 g/mol. The molecule has 1 aromatic carbocycles. The van der Waals surface area contributed by atoms with Crippen LogP contribution in [0.5, 0.6) is 0 Å². The number of nitrogens with one attached hydrogen (secondary N) is 2. The van der Waals surface area contributed by atoms with E-state index in [1.165, 1.54) is 10.9 Å². The molecule has 5 aromatic rings. The van der Waals surface area contributed by atoms with Crippen molar-refractivity contribution in [3.63, 3.8) is 0 Å². The van der Waals surface area contributed by atoms with E-state index in [0.29, 0.717) is 34.1 Å². The number of para-hydroxylation sites is 1. The van der Waals surface area contributed by atoms with E-state index in [1.54, 1.807) is 44.2 Å². The summed E-state index contributed by atoms with van der Waals surface area (Å²) >= 11 is 0. The van der Waals surface area contributed by atoms with E-state index in [4.69, 9.17) is 8.83 Å². The number of fused-ring (bicyclic) bond motifs is 1. The summed E-state index contributed by atoms with van der Waals surface area (Å²) in [6.07, 6.45) is 1.52. The van der Waals surface area contributed by atoms with Crippen LogP contribution in [-0.2, 0) is 0 Å². The Morgan fingerprint density at radius 1 is 1.13 bits per heavy atom. The molecular formula is C22H17N5O4. The molecule has 0 radical (unpaired) electrons. The number of aromatic nitrogens is 4. The Morgan fingerprint density at radius 2 is 1.97 bits per heavy atom. The fourth-order valence-corrected chi connectivity index (χ4v) is 3.18. The molecule has 0 aliphatic rings. The van der Waals surface area contributed by atoms with Crippen LogP contribution in [0.25, 0.3) is 28.4 Å². The third-order valence-corrected chi connectivity index (χ3v) is 4.96. The van der Waals surface area contributed by atoms with Crippen LogP contribution in [0.4, 0.5) is 5.82 Å². The summed E-state index contributed by atoms with van der Waals surface area (Å²) in [6.45, 7) is 3.42. The highest BCUT2D eigenvalue weighted by Gasteiger charge is 2.20. The number of rotatable bonds is 4. The molecule has 0 unspecified atom stereocenters. The minimum atomic E-state index is -0.463. The Labute approximate surface area is 175 Å². The van der Waals surface area contributed by atoms with Gasteiger partial charge in [0.05, 0.1) is 6.26 Å². The number of amides is 1. The second kappa shape index (κ2) is 7.13. The first-order valence-corrected chi connectivity index (χ1v) is 9.51. The van der Waals surface area contributed by atoms with Gasteiger partial charge in [-0.2, -0.15) is 9.78 Å². The van der Waals surface area contributed by atoms with Crippen molar-refractivity contribution >= 4 is 22.7 Å². The topological polar surface area (TPSA) is 119 Å². The summed E-state index contributed by atoms with van der Waals surface area (Å²) in [7, 11) is 0. The van der Waals surface area contributed by atoms with E-state index in [2.05, 4.69) is 20.4 Å². The molecule has 0 bridgehead atoms. The lowest BCUT2D eigenvalue weighted by atomic mass is 10.2. The van der Waals surface area contributed by atoms with E-state index in [-0.39, 0.29) is 17.3 Å². The number of carbonyl (C=O) groups is 1. The van der Waals surface area contributed by atoms with E-state index < -0.39 is 5.91 Å². The predicted octanol–water partition coefficient (Wildman–Crippen LogP) is 3.83. The van der Waals surface area contributed by atoms with E-state index in [9.17, 15) is 9.59 Å². The maximum absolute atomic E-state index is 12.9. The smallest absolute Gasteiger partial charge is 0.292 e. The molecule has 5 rings (SSSR count). The number of carbonyl (C=O) groups excluding carboxylic acids is 1. The van der Waals surface area contributed by atoms with Gasteiger partial charge >= 0.3 is 0 Å². The van der Waals surface area contributed by atoms with Crippen LogP contribution in [0.2, 0.25) is 0 Å². The molecule has 0 fully saturated rings. The lowest BCUT2D eigenvalue weighted by Crippen LogP contribution is -2.20. The van der Waals surface area contributed by atoms with Gasteiger partial charge in [0.1, 0.15) is 17.1 Å². The van der Waals surface area contributed by atoms with Crippen LogP contribution in [0, 0.1) is 13.8 Å². The molecule has 0 aliphatic carbocycles. The molecule has 0 aliphatic heterocycles. The number of aryl methyl sites for hydroxylation is 1. The quantitative estimate of drug-likeness (QED) is 0.460. The maximum Gasteiger partial charge on any atom is 0.292 e. The standard InChI is InChI=1S/C22H17N5O4/c1-12-13(2)23-22(25-20(12)28)27-19(11-15(26-27)17-8-5-9-30-17)24-21(29)18-10-14-6-3-4-7-16(14)31-18/h3-11H,1-2H3,(H,24,29)(H,23,25,28). The minimum Gasteiger partial charge on any atom is -0.463 e. The number of hydrogen-bond acceptors (Lipinski definition) is 6. The summed E-state index contributed by atoms with van der Waals surface area (Å²) in [6, 6.07) is 14.1. The normalized spacial score (nSPS) is 11.2. The van der Waals surface area contributed by atoms with Gasteiger partial charge in [0, 0.05) is 22.7 Å². The van der Waals surface area contributed by atoms with Crippen molar-refractivity contribution in [2.45, 2.75) is 13.8 Å². The van der Waals surface area contributed by atoms with Gasteiger partial charge in [-0.1, -0.05) is 18.2 Å². The molecule has 0 saturated heterocycles. The van der Waals surface area contributed by atoms with Crippen LogP contribution < -0.4 is 10.9 Å². The molecule has 9 nitrogen and oxygen atoms in total. The van der Waals surface area contributed by atoms with E-state index in [0.717, 1.165) is 5.39 Å². The lowest BCUT2D eigenvalue weighted by molar-refractivity contribution is 0.0998. The van der Waals surface area contributed by atoms with Crippen molar-refractivity contribution in [3.05, 3.63) is 82.2 Å². The van der Waals surface area contributed by atoms with Crippen molar-refractivity contribution in [1.29, 1.82) is 0 Å². The van der Waals surface area contributed by atoms with Gasteiger partial charge in [0.15, 0.2) is 11.5 Å². The number of furan rings is 2. The Balaban J connectivity index is 1.58. The van der Waals surface area contributed by atoms with Gasteiger partial charge in [-0.25, -0.2) is 4.98 Å². The molecule has 0 saturated carbocycles. The van der Waals surface area contributed by atoms with Crippen LogP contribution in [-0.4, -0.2) is 25.7 Å². The predicted molar refractivity (Wildman–Crippen MR) is 113 cm³/mol. The second-order valence-electron chi connectivity index (χ2n) is 7.01. The Morgan fingerprint density at radius 3 is 2.71 bits per heavy atom. The van der Waals surface area contributed by atoms with Crippen LogP contribution in [0.1, 0.15) is 21.8 Å². The van der Waals surface area contributed by atoms with Crippen LogP contribution in [0.3, 0.4) is 0 Å². The van der Waals surface area contributed by atoms with Crippen molar-refractivity contribution in [3.8, 4) is 17.4 Å². The molecule has 0 spiro atoms. The number of nitrogens with zero attached hydrogens (tertiary/aromatic N) is 3. The van der Waals surface area contributed by atoms with Crippen molar-refractivity contribution in [2.75, 3.05) is 5.32 Å². The van der Waals surface area contributed by atoms with E-state index >= 15 is 0 Å². The molecule has 4 aromatic heterocycles. The van der Waals surface area contributed by atoms with Crippen LogP contribution in [0.15, 0.2) is 68.4 Å². The summed E-state index contributed by atoms with van der Waals surface area (Å²) in [5.74, 6) is 0.655. The maximum atomic E-state index is 12.9. The van der Waals surface area contributed by atoms with E-state index in [1.807, 2.05) is 18.2 Å². The highest BCUT2D eigenvalue weighted by molar-refractivity contribution is 6.04. The average Bonchev–Trinajstić information content (AvgIpc) is 3.50. The zero-order valence-corrected chi connectivity index (χ0v) is 16.7. The lowest BCUT2D eigenvalue weighted by Gasteiger charge is -2.08. The molecule has 2 N–H and O–H groups in total. The summed E-state index contributed by atoms with van der Waals surface area (Å²) < 4.78 is 12.4. The molecule has 4 heterocycles. The van der Waals surface area contributed by atoms with Gasteiger partial charge in [0.2, 0.25) is 5.95 Å². The number of benzene rings is 1. The third kappa shape index (κ3) is 3.31. The molecule has 0 atom stereocenters. The van der Waals surface area contributed by atoms with Gasteiger partial charge in [-0.3, -0.25) is 14.6 Å². The first-order valence-electron chi connectivity index (χ1n) is 9.51. The Kier molecular flexibility index (Phi) is 4.28. The van der Waals surface area contributed by atoms with Crippen LogP contribution >= 0.6 is 0 Å². The van der Waals surface area contributed by atoms with Gasteiger partial charge in [-0.15, -0.1) is 0 Å². The highest BCUT2D eigenvalue weighted by Crippen LogP contribution is 2.25. The van der Waals surface area contributed by atoms with Gasteiger partial charge in [0.25, 0.3) is 11.5 Å². The molecule has 31 heavy (non-hydrogen) atoms. The summed E-state index contributed by atoms with van der Waals surface area (Å²) in [5, 5.41) is 8.07. The largest absolute Gasteiger partial charge is 0.463 e. The SMILES string of the molecule is Cc1nc(-n2nc(-c3ccco3)cc2NC(=O)c2cc3ccccc3o2)[nH]c(=O)c1C. The fourth-order valence-electron chi connectivity index (χ4n) is 3.18. The minimum absolute atomic E-state index is 0.148. The zero-order valence-electron chi connectivity index (χ0n) is 16.7. The molecule has 9 heteroatoms. The van der Waals surface area contributed by atoms with Crippen molar-refractivity contribution in [1.82, 2.24) is 19.7 Å². The number of anilines is 1. The number of aromatic amines is 1. The van der Waals surface area contributed by atoms with Crippen molar-refractivity contribution < 1.29 is 13.6 Å². The van der Waals surface area contributed by atoms with Crippen molar-refractivity contribution in [2.24, 2.45) is 0 Å². The highest BCUT2D eigenvalue weighted by atomic mass is 16.3. The molecule has 154 valence electrons. The zero-order chi connectivity index (χ0) is 21.5. The van der Waals surface area contributed by atoms with Gasteiger partial charge < -0.3 is 14.2 Å². The first kappa shape index (κ1) is 18.6. The summed E-state index contributed by atoms with van der Waals surface area (Å²) in [5.41, 5.74) is 1.86. The second-order valence-corrected chi connectivity index (χ2v) is 7.01. The Bertz CT molecular complexity index is 1440. The van der Waals surface area contributed by atoms with Gasteiger partial charge in [-0.05, 0) is 38.1 Å². The molecule has 1 amide bonds. The summed E-state index contributed by atoms with van der Waals surface area (Å²) in [4.78, 5) is 32.3. The molecular weight excluding hydrogens is 398 g/mol. The first-order chi connectivity index (χ1) is 15.0. The fraction of sp³-hybridized carbons (Fsp3) is 0.0909. The number of H-pyrrole nitrogens is 1. The number of hydrogen-bond donors (Lipinski definition) is 2. The third-order valence-electron chi connectivity index (χ3n) is 4.96. The Hall–Kier alpha value is -4.40. The monoisotopic (exact) mass is 415 g/mol.